The van der Waals surface area contributed by atoms with Gasteiger partial charge in [-0.3, -0.25) is 9.69 Å². The van der Waals surface area contributed by atoms with E-state index < -0.39 is 5.97 Å². The van der Waals surface area contributed by atoms with E-state index in [1.54, 1.807) is 35.6 Å². The number of carbonyl (C=O) groups is 2. The number of nitrogens with one attached hydrogen (secondary N) is 1. The first-order valence-corrected chi connectivity index (χ1v) is 10.2. The molecule has 1 aliphatic heterocycles. The number of ether oxygens (including phenoxy) is 1. The Balaban J connectivity index is 1.64. The normalized spacial score (nSPS) is 16.7. The van der Waals surface area contributed by atoms with Gasteiger partial charge in [0.15, 0.2) is 0 Å². The van der Waals surface area contributed by atoms with Crippen LogP contribution in [0.1, 0.15) is 51.4 Å². The number of rotatable bonds is 6. The fourth-order valence-electron chi connectivity index (χ4n) is 3.40. The monoisotopic (exact) mass is 386 g/mol. The lowest BCUT2D eigenvalue weighted by Crippen LogP contribution is -2.41. The maximum absolute atomic E-state index is 12.6. The van der Waals surface area contributed by atoms with E-state index in [-0.39, 0.29) is 11.9 Å². The smallest absolute Gasteiger partial charge is 0.337 e. The summed E-state index contributed by atoms with van der Waals surface area (Å²) < 4.78 is 4.69. The van der Waals surface area contributed by atoms with Gasteiger partial charge in [-0.05, 0) is 67.6 Å². The van der Waals surface area contributed by atoms with E-state index in [1.807, 2.05) is 0 Å². The van der Waals surface area contributed by atoms with Gasteiger partial charge in [0.05, 0.1) is 18.7 Å². The van der Waals surface area contributed by atoms with Gasteiger partial charge in [-0.1, -0.05) is 13.0 Å². The number of thiophene rings is 1. The Morgan fingerprint density at radius 1 is 1.19 bits per heavy atom. The molecule has 0 bridgehead atoms. The molecule has 1 N–H and O–H groups in total. The van der Waals surface area contributed by atoms with E-state index >= 15 is 0 Å². The second-order valence-electron chi connectivity index (χ2n) is 7.03. The molecule has 0 radical (unpaired) electrons. The first-order valence-electron chi connectivity index (χ1n) is 9.32. The van der Waals surface area contributed by atoms with Crippen LogP contribution in [-0.4, -0.2) is 43.5 Å². The molecule has 3 rings (SSSR count). The molecule has 1 saturated heterocycles. The Kier molecular flexibility index (Phi) is 6.63. The van der Waals surface area contributed by atoms with Crippen molar-refractivity contribution < 1.29 is 14.3 Å². The van der Waals surface area contributed by atoms with E-state index in [4.69, 9.17) is 0 Å². The average Bonchev–Trinajstić information content (AvgIpc) is 3.23. The van der Waals surface area contributed by atoms with Crippen LogP contribution >= 0.6 is 11.3 Å². The molecule has 1 aliphatic rings. The van der Waals surface area contributed by atoms with Gasteiger partial charge >= 0.3 is 5.97 Å². The van der Waals surface area contributed by atoms with E-state index in [2.05, 4.69) is 39.4 Å². The van der Waals surface area contributed by atoms with E-state index in [0.717, 1.165) is 19.0 Å². The van der Waals surface area contributed by atoms with E-state index in [0.29, 0.717) is 17.7 Å². The van der Waals surface area contributed by atoms with Gasteiger partial charge in [0.1, 0.15) is 0 Å². The van der Waals surface area contributed by atoms with Crippen LogP contribution in [0, 0.1) is 5.92 Å². The van der Waals surface area contributed by atoms with E-state index in [1.165, 1.54) is 24.8 Å². The predicted molar refractivity (Wildman–Crippen MR) is 107 cm³/mol. The topological polar surface area (TPSA) is 58.6 Å². The molecule has 5 nitrogen and oxygen atoms in total. The molecule has 6 heteroatoms. The highest BCUT2D eigenvalue weighted by molar-refractivity contribution is 7.10. The fourth-order valence-corrected chi connectivity index (χ4v) is 4.26. The minimum Gasteiger partial charge on any atom is -0.465 e. The van der Waals surface area contributed by atoms with Gasteiger partial charge in [-0.15, -0.1) is 11.3 Å². The largest absolute Gasteiger partial charge is 0.465 e. The lowest BCUT2D eigenvalue weighted by Gasteiger charge is -2.36. The molecule has 1 atom stereocenters. The number of benzene rings is 1. The van der Waals surface area contributed by atoms with Crippen molar-refractivity contribution in [1.82, 2.24) is 10.2 Å². The van der Waals surface area contributed by atoms with Crippen molar-refractivity contribution in [3.63, 3.8) is 0 Å². The van der Waals surface area contributed by atoms with Crippen molar-refractivity contribution in [2.24, 2.45) is 5.92 Å². The molecule has 144 valence electrons. The minimum atomic E-state index is -0.404. The van der Waals surface area contributed by atoms with Crippen LogP contribution in [-0.2, 0) is 4.74 Å². The van der Waals surface area contributed by atoms with Crippen LogP contribution in [0.25, 0.3) is 0 Å². The van der Waals surface area contributed by atoms with Crippen LogP contribution in [0.15, 0.2) is 41.8 Å². The summed E-state index contributed by atoms with van der Waals surface area (Å²) in [6, 6.07) is 11.0. The average molecular weight is 387 g/mol. The molecule has 0 saturated carbocycles. The molecule has 1 unspecified atom stereocenters. The summed E-state index contributed by atoms with van der Waals surface area (Å²) in [6.07, 6.45) is 2.40. The molecule has 1 aromatic carbocycles. The third kappa shape index (κ3) is 4.96. The van der Waals surface area contributed by atoms with Gasteiger partial charge in [0, 0.05) is 17.0 Å². The highest BCUT2D eigenvalue weighted by Gasteiger charge is 2.25. The minimum absolute atomic E-state index is 0.127. The van der Waals surface area contributed by atoms with E-state index in [9.17, 15) is 9.59 Å². The summed E-state index contributed by atoms with van der Waals surface area (Å²) in [5, 5.41) is 5.15. The van der Waals surface area contributed by atoms with Gasteiger partial charge in [-0.2, -0.15) is 0 Å². The quantitative estimate of drug-likeness (QED) is 0.769. The van der Waals surface area contributed by atoms with Gasteiger partial charge in [0.25, 0.3) is 5.91 Å². The molecular formula is C21H26N2O3S. The standard InChI is InChI=1S/C21H26N2O3S/c1-15-9-11-23(12-10-15)18(19-4-3-13-27-19)14-22-20(24)16-5-7-17(8-6-16)21(25)26-2/h3-8,13,15,18H,9-12,14H2,1-2H3,(H,22,24). The molecule has 2 aromatic rings. The Labute approximate surface area is 164 Å². The Bertz CT molecular complexity index is 750. The van der Waals surface area contributed by atoms with Crippen molar-refractivity contribution in [3.8, 4) is 0 Å². The zero-order valence-corrected chi connectivity index (χ0v) is 16.6. The summed E-state index contributed by atoms with van der Waals surface area (Å²) in [4.78, 5) is 27.8. The lowest BCUT2D eigenvalue weighted by atomic mass is 9.97. The Morgan fingerprint density at radius 3 is 2.44 bits per heavy atom. The second-order valence-corrected chi connectivity index (χ2v) is 8.01. The molecule has 0 aliphatic carbocycles. The highest BCUT2D eigenvalue weighted by atomic mass is 32.1. The van der Waals surface area contributed by atoms with Crippen molar-refractivity contribution in [1.29, 1.82) is 0 Å². The fraction of sp³-hybridized carbons (Fsp3) is 0.429. The van der Waals surface area contributed by atoms with Crippen LogP contribution in [0.5, 0.6) is 0 Å². The van der Waals surface area contributed by atoms with Crippen molar-refractivity contribution in [2.45, 2.75) is 25.8 Å². The summed E-state index contributed by atoms with van der Waals surface area (Å²) in [7, 11) is 1.34. The van der Waals surface area contributed by atoms with Crippen LogP contribution in [0.2, 0.25) is 0 Å². The number of amides is 1. The molecular weight excluding hydrogens is 360 g/mol. The SMILES string of the molecule is COC(=O)c1ccc(C(=O)NCC(c2cccs2)N2CCC(C)CC2)cc1. The van der Waals surface area contributed by atoms with Crippen LogP contribution < -0.4 is 5.32 Å². The molecule has 2 heterocycles. The number of likely N-dealkylation sites (tertiary alicyclic amines) is 1. The molecule has 27 heavy (non-hydrogen) atoms. The van der Waals surface area contributed by atoms with Crippen molar-refractivity contribution in [3.05, 3.63) is 57.8 Å². The van der Waals surface area contributed by atoms with Crippen LogP contribution in [0.4, 0.5) is 0 Å². The number of methoxy groups -OCH3 is 1. The number of hydrogen-bond donors (Lipinski definition) is 1. The summed E-state index contributed by atoms with van der Waals surface area (Å²) in [5.41, 5.74) is 0.979. The summed E-state index contributed by atoms with van der Waals surface area (Å²) >= 11 is 1.74. The van der Waals surface area contributed by atoms with Crippen molar-refractivity contribution in [2.75, 3.05) is 26.7 Å². The van der Waals surface area contributed by atoms with Crippen molar-refractivity contribution >= 4 is 23.2 Å². The zero-order chi connectivity index (χ0) is 19.2. The molecule has 0 spiro atoms. The number of piperidine rings is 1. The zero-order valence-electron chi connectivity index (χ0n) is 15.8. The van der Waals surface area contributed by atoms with Gasteiger partial charge in [0.2, 0.25) is 0 Å². The second kappa shape index (κ2) is 9.15. The predicted octanol–water partition coefficient (Wildman–Crippen LogP) is 3.74. The first kappa shape index (κ1) is 19.6. The number of carbonyl (C=O) groups excluding carboxylic acids is 2. The summed E-state index contributed by atoms with van der Waals surface area (Å²) in [6.45, 7) is 5.00. The maximum atomic E-state index is 12.6. The molecule has 1 fully saturated rings. The van der Waals surface area contributed by atoms with Gasteiger partial charge in [-0.25, -0.2) is 4.79 Å². The number of esters is 1. The third-order valence-electron chi connectivity index (χ3n) is 5.15. The maximum Gasteiger partial charge on any atom is 0.337 e. The Hall–Kier alpha value is -2.18. The summed E-state index contributed by atoms with van der Waals surface area (Å²) in [5.74, 6) is 0.241. The Morgan fingerprint density at radius 2 is 1.85 bits per heavy atom. The van der Waals surface area contributed by atoms with Gasteiger partial charge < -0.3 is 10.1 Å². The number of hydrogen-bond acceptors (Lipinski definition) is 5. The first-order chi connectivity index (χ1) is 13.1. The number of nitrogens with zero attached hydrogens (tertiary/aromatic N) is 1. The third-order valence-corrected chi connectivity index (χ3v) is 6.13. The molecule has 1 amide bonds. The highest BCUT2D eigenvalue weighted by Crippen LogP contribution is 2.29. The lowest BCUT2D eigenvalue weighted by molar-refractivity contribution is 0.0600. The van der Waals surface area contributed by atoms with Crippen LogP contribution in [0.3, 0.4) is 0 Å². The molecule has 1 aromatic heterocycles.